The summed E-state index contributed by atoms with van der Waals surface area (Å²) in [4.78, 5) is 18.7. The molecule has 0 unspecified atom stereocenters. The van der Waals surface area contributed by atoms with E-state index in [1.165, 1.54) is 17.7 Å². The van der Waals surface area contributed by atoms with Gasteiger partial charge < -0.3 is 25.1 Å². The molecule has 0 saturated carbocycles. The van der Waals surface area contributed by atoms with Crippen LogP contribution >= 0.6 is 11.5 Å². The van der Waals surface area contributed by atoms with Crippen molar-refractivity contribution in [2.45, 2.75) is 38.8 Å². The summed E-state index contributed by atoms with van der Waals surface area (Å²) in [5, 5.41) is 11.9. The van der Waals surface area contributed by atoms with Gasteiger partial charge in [-0.25, -0.2) is 9.78 Å². The van der Waals surface area contributed by atoms with Gasteiger partial charge in [-0.05, 0) is 50.4 Å². The lowest BCUT2D eigenvalue weighted by molar-refractivity contribution is 0.0211. The molecule has 164 valence electrons. The highest BCUT2D eigenvalue weighted by Gasteiger charge is 2.25. The maximum atomic E-state index is 12.3. The summed E-state index contributed by atoms with van der Waals surface area (Å²) in [5.74, 6) is 0.667. The second kappa shape index (κ2) is 8.76. The number of ether oxygens (including phenoxy) is 2. The molecule has 0 radical (unpaired) electrons. The summed E-state index contributed by atoms with van der Waals surface area (Å²) in [7, 11) is 0. The molecule has 1 aromatic carbocycles. The van der Waals surface area contributed by atoms with E-state index < -0.39 is 5.60 Å². The van der Waals surface area contributed by atoms with Gasteiger partial charge in [0.25, 0.3) is 0 Å². The molecule has 1 amide bonds. The number of hydrogen-bond donors (Lipinski definition) is 2. The molecule has 0 spiro atoms. The summed E-state index contributed by atoms with van der Waals surface area (Å²) in [6, 6.07) is 6.11. The zero-order valence-electron chi connectivity index (χ0n) is 18.0. The van der Waals surface area contributed by atoms with Crippen molar-refractivity contribution in [3.8, 4) is 11.4 Å². The van der Waals surface area contributed by atoms with E-state index in [-0.39, 0.29) is 12.1 Å². The minimum atomic E-state index is -0.498. The van der Waals surface area contributed by atoms with Gasteiger partial charge in [-0.2, -0.15) is 4.37 Å². The van der Waals surface area contributed by atoms with Crippen LogP contribution < -0.4 is 5.32 Å². The Morgan fingerprint density at radius 2 is 2.19 bits per heavy atom. The van der Waals surface area contributed by atoms with Crippen LogP contribution in [0.5, 0.6) is 0 Å². The van der Waals surface area contributed by atoms with Crippen LogP contribution in [0.2, 0.25) is 0 Å². The second-order valence-electron chi connectivity index (χ2n) is 8.65. The summed E-state index contributed by atoms with van der Waals surface area (Å²) < 4.78 is 15.2. The van der Waals surface area contributed by atoms with E-state index in [0.717, 1.165) is 33.8 Å². The van der Waals surface area contributed by atoms with Crippen LogP contribution in [-0.4, -0.2) is 64.5 Å². The molecule has 1 fully saturated rings. The van der Waals surface area contributed by atoms with Gasteiger partial charge in [0, 0.05) is 36.1 Å². The van der Waals surface area contributed by atoms with Crippen LogP contribution in [0.3, 0.4) is 0 Å². The number of hydrogen-bond acceptors (Lipinski definition) is 8. The molecule has 1 aromatic heterocycles. The van der Waals surface area contributed by atoms with Crippen LogP contribution in [0, 0.1) is 5.41 Å². The number of amides is 1. The topological polar surface area (TPSA) is 100 Å². The minimum Gasteiger partial charge on any atom is -0.444 e. The van der Waals surface area contributed by atoms with Crippen LogP contribution in [0.25, 0.3) is 17.0 Å². The Morgan fingerprint density at radius 1 is 1.39 bits per heavy atom. The number of rotatable bonds is 5. The Morgan fingerprint density at radius 3 is 2.81 bits per heavy atom. The molecule has 9 heteroatoms. The fourth-order valence-corrected chi connectivity index (χ4v) is 4.06. The lowest BCUT2D eigenvalue weighted by Crippen LogP contribution is -2.40. The molecule has 2 aliphatic heterocycles. The summed E-state index contributed by atoms with van der Waals surface area (Å²) >= 11 is 1.37. The SMILES string of the molecule is CC(C)(C)OC(=O)N1CC=C(c2nc(-c3ccc(C=N)c(NC4COC4)c3)ns2)CC1. The lowest BCUT2D eigenvalue weighted by atomic mass is 10.1. The number of nitrogens with one attached hydrogen (secondary N) is 2. The van der Waals surface area contributed by atoms with E-state index in [4.69, 9.17) is 19.9 Å². The third kappa shape index (κ3) is 5.11. The standard InChI is InChI=1S/C22H27N5O3S/c1-22(2,3)30-21(28)27-8-6-14(7-9-27)20-25-19(26-31-20)15-4-5-16(11-23)18(10-15)24-17-12-29-13-17/h4-6,10-11,17,23-24H,7-9,12-13H2,1-3H3. The molecule has 31 heavy (non-hydrogen) atoms. The third-order valence-electron chi connectivity index (χ3n) is 5.03. The molecule has 2 aromatic rings. The van der Waals surface area contributed by atoms with Crippen LogP contribution in [0.4, 0.5) is 10.5 Å². The fourth-order valence-electron chi connectivity index (χ4n) is 3.31. The largest absolute Gasteiger partial charge is 0.444 e. The van der Waals surface area contributed by atoms with Gasteiger partial charge in [-0.15, -0.1) is 0 Å². The molecule has 2 aliphatic rings. The van der Waals surface area contributed by atoms with Crippen molar-refractivity contribution in [1.29, 1.82) is 5.41 Å². The van der Waals surface area contributed by atoms with E-state index in [2.05, 4.69) is 9.69 Å². The van der Waals surface area contributed by atoms with E-state index >= 15 is 0 Å². The Hall–Kier alpha value is -2.78. The number of aromatic nitrogens is 2. The predicted molar refractivity (Wildman–Crippen MR) is 122 cm³/mol. The normalized spacial score (nSPS) is 17.0. The van der Waals surface area contributed by atoms with Crippen molar-refractivity contribution in [2.75, 3.05) is 31.6 Å². The van der Waals surface area contributed by atoms with Crippen LogP contribution in [-0.2, 0) is 9.47 Å². The maximum Gasteiger partial charge on any atom is 0.410 e. The third-order valence-corrected chi connectivity index (χ3v) is 5.82. The molecule has 0 atom stereocenters. The molecule has 3 heterocycles. The highest BCUT2D eigenvalue weighted by Crippen LogP contribution is 2.30. The van der Waals surface area contributed by atoms with E-state index in [1.807, 2.05) is 45.0 Å². The van der Waals surface area contributed by atoms with Crippen molar-refractivity contribution in [3.05, 3.63) is 34.8 Å². The van der Waals surface area contributed by atoms with Crippen molar-refractivity contribution in [3.63, 3.8) is 0 Å². The number of anilines is 1. The van der Waals surface area contributed by atoms with Gasteiger partial charge in [0.2, 0.25) is 0 Å². The Labute approximate surface area is 186 Å². The molecule has 4 rings (SSSR count). The van der Waals surface area contributed by atoms with E-state index in [0.29, 0.717) is 32.1 Å². The van der Waals surface area contributed by atoms with Crippen molar-refractivity contribution < 1.29 is 14.3 Å². The van der Waals surface area contributed by atoms with Gasteiger partial charge in [0.05, 0.1) is 19.3 Å². The molecule has 0 aliphatic carbocycles. The molecule has 2 N–H and O–H groups in total. The molecular weight excluding hydrogens is 414 g/mol. The Kier molecular flexibility index (Phi) is 6.06. The average molecular weight is 442 g/mol. The lowest BCUT2D eigenvalue weighted by Gasteiger charge is -2.29. The quantitative estimate of drug-likeness (QED) is 0.680. The first kappa shape index (κ1) is 21.5. The first-order chi connectivity index (χ1) is 14.8. The number of carbonyl (C=O) groups is 1. The van der Waals surface area contributed by atoms with E-state index in [1.54, 1.807) is 4.90 Å². The van der Waals surface area contributed by atoms with Gasteiger partial charge in [0.15, 0.2) is 5.82 Å². The monoisotopic (exact) mass is 441 g/mol. The summed E-state index contributed by atoms with van der Waals surface area (Å²) in [6.07, 6.45) is 3.80. The minimum absolute atomic E-state index is 0.271. The smallest absolute Gasteiger partial charge is 0.410 e. The highest BCUT2D eigenvalue weighted by molar-refractivity contribution is 7.06. The zero-order chi connectivity index (χ0) is 22.0. The highest BCUT2D eigenvalue weighted by atomic mass is 32.1. The van der Waals surface area contributed by atoms with Crippen LogP contribution in [0.15, 0.2) is 24.3 Å². The van der Waals surface area contributed by atoms with Crippen molar-refractivity contribution in [2.24, 2.45) is 0 Å². The second-order valence-corrected chi connectivity index (χ2v) is 9.41. The first-order valence-corrected chi connectivity index (χ1v) is 11.1. The van der Waals surface area contributed by atoms with Crippen molar-refractivity contribution in [1.82, 2.24) is 14.3 Å². The Bertz CT molecular complexity index is 1010. The first-order valence-electron chi connectivity index (χ1n) is 10.3. The number of benzene rings is 1. The summed E-state index contributed by atoms with van der Waals surface area (Å²) in [6.45, 7) is 8.06. The van der Waals surface area contributed by atoms with E-state index in [9.17, 15) is 4.79 Å². The van der Waals surface area contributed by atoms with Gasteiger partial charge in [-0.1, -0.05) is 18.2 Å². The fraction of sp³-hybridized carbons (Fsp3) is 0.455. The van der Waals surface area contributed by atoms with Crippen molar-refractivity contribution >= 4 is 35.1 Å². The summed E-state index contributed by atoms with van der Waals surface area (Å²) in [5.41, 5.74) is 3.22. The van der Waals surface area contributed by atoms with Crippen LogP contribution in [0.1, 0.15) is 37.8 Å². The molecule has 8 nitrogen and oxygen atoms in total. The predicted octanol–water partition coefficient (Wildman–Crippen LogP) is 4.04. The number of nitrogens with zero attached hydrogens (tertiary/aromatic N) is 3. The van der Waals surface area contributed by atoms with Gasteiger partial charge >= 0.3 is 6.09 Å². The number of carbonyl (C=O) groups excluding carboxylic acids is 1. The molecule has 1 saturated heterocycles. The molecular formula is C22H27N5O3S. The zero-order valence-corrected chi connectivity index (χ0v) is 18.8. The Balaban J connectivity index is 1.47. The average Bonchev–Trinajstić information content (AvgIpc) is 3.19. The van der Waals surface area contributed by atoms with Gasteiger partial charge in [-0.3, -0.25) is 0 Å². The maximum absolute atomic E-state index is 12.3. The molecule has 0 bridgehead atoms. The van der Waals surface area contributed by atoms with Gasteiger partial charge in [0.1, 0.15) is 10.6 Å².